The number of nitrogens with two attached hydrogens (primary N) is 1. The van der Waals surface area contributed by atoms with Crippen molar-refractivity contribution in [2.24, 2.45) is 5.14 Å². The first-order chi connectivity index (χ1) is 16.3. The van der Waals surface area contributed by atoms with Gasteiger partial charge in [0.25, 0.3) is 0 Å². The molecule has 0 atom stereocenters. The molecule has 2 heterocycles. The van der Waals surface area contributed by atoms with Crippen LogP contribution in [-0.4, -0.2) is 28.0 Å². The maximum Gasteiger partial charge on any atom is 0.238 e. The number of halogens is 2. The van der Waals surface area contributed by atoms with Gasteiger partial charge in [-0.15, -0.1) is 0 Å². The Hall–Kier alpha value is -4.15. The molecule has 2 aromatic heterocycles. The van der Waals surface area contributed by atoms with E-state index in [2.05, 4.69) is 10.2 Å². The Morgan fingerprint density at radius 1 is 0.647 bits per heavy atom. The molecule has 0 aliphatic rings. The van der Waals surface area contributed by atoms with Crippen LogP contribution in [0.1, 0.15) is 0 Å². The predicted molar refractivity (Wildman–Crippen MR) is 123 cm³/mol. The summed E-state index contributed by atoms with van der Waals surface area (Å²) in [4.78, 5) is -0.0870. The Labute approximate surface area is 193 Å². The monoisotopic (exact) mass is 477 g/mol. The smallest absolute Gasteiger partial charge is 0.238 e. The van der Waals surface area contributed by atoms with Gasteiger partial charge < -0.3 is 0 Å². The first-order valence-corrected chi connectivity index (χ1v) is 11.6. The van der Waals surface area contributed by atoms with E-state index in [-0.39, 0.29) is 16.5 Å². The van der Waals surface area contributed by atoms with Gasteiger partial charge in [0.2, 0.25) is 10.0 Å². The van der Waals surface area contributed by atoms with Crippen molar-refractivity contribution < 1.29 is 17.2 Å². The molecular formula is C24H17F2N5O2S. The van der Waals surface area contributed by atoms with E-state index in [1.165, 1.54) is 41.1 Å². The number of hydrogen-bond donors (Lipinski definition) is 1. The van der Waals surface area contributed by atoms with Gasteiger partial charge in [0.05, 0.1) is 27.7 Å². The zero-order valence-corrected chi connectivity index (χ0v) is 18.3. The van der Waals surface area contributed by atoms with E-state index in [4.69, 9.17) is 5.14 Å². The van der Waals surface area contributed by atoms with Crippen molar-refractivity contribution in [2.75, 3.05) is 0 Å². The van der Waals surface area contributed by atoms with Gasteiger partial charge in [0.15, 0.2) is 0 Å². The standard InChI is InChI=1S/C24H17F2N5O2S/c25-18-5-1-16(2-6-18)21-11-13-30(28-21)23-10-9-20(34(27,32)33)15-24(23)31-14-12-22(29-31)17-3-7-19(26)8-4-17/h1-15H,(H2,27,32,33). The average molecular weight is 477 g/mol. The molecular weight excluding hydrogens is 460 g/mol. The summed E-state index contributed by atoms with van der Waals surface area (Å²) in [5, 5.41) is 14.5. The van der Waals surface area contributed by atoms with Gasteiger partial charge >= 0.3 is 0 Å². The first-order valence-electron chi connectivity index (χ1n) is 10.1. The topological polar surface area (TPSA) is 95.8 Å². The van der Waals surface area contributed by atoms with Crippen LogP contribution in [0.25, 0.3) is 33.9 Å². The lowest BCUT2D eigenvalue weighted by molar-refractivity contribution is 0.597. The Morgan fingerprint density at radius 2 is 1.12 bits per heavy atom. The van der Waals surface area contributed by atoms with Crippen molar-refractivity contribution in [3.05, 3.63) is 103 Å². The highest BCUT2D eigenvalue weighted by Gasteiger charge is 2.16. The largest absolute Gasteiger partial charge is 0.238 e. The number of hydrogen-bond acceptors (Lipinski definition) is 4. The summed E-state index contributed by atoms with van der Waals surface area (Å²) >= 11 is 0. The van der Waals surface area contributed by atoms with Crippen LogP contribution in [-0.2, 0) is 10.0 Å². The summed E-state index contributed by atoms with van der Waals surface area (Å²) < 4.78 is 53.6. The van der Waals surface area contributed by atoms with Gasteiger partial charge in [-0.3, -0.25) is 0 Å². The number of nitrogens with zero attached hydrogens (tertiary/aromatic N) is 4. The third kappa shape index (κ3) is 4.24. The molecule has 3 aromatic carbocycles. The predicted octanol–water partition coefficient (Wildman–Crippen LogP) is 4.32. The van der Waals surface area contributed by atoms with Crippen molar-refractivity contribution in [2.45, 2.75) is 4.90 Å². The normalized spacial score (nSPS) is 11.6. The summed E-state index contributed by atoms with van der Waals surface area (Å²) in [5.74, 6) is -0.707. The second kappa shape index (κ2) is 8.32. The molecule has 5 aromatic rings. The highest BCUT2D eigenvalue weighted by atomic mass is 32.2. The van der Waals surface area contributed by atoms with Crippen LogP contribution in [0.2, 0.25) is 0 Å². The van der Waals surface area contributed by atoms with E-state index in [0.717, 1.165) is 5.56 Å². The number of aromatic nitrogens is 4. The lowest BCUT2D eigenvalue weighted by Crippen LogP contribution is -2.14. The molecule has 0 bridgehead atoms. The summed E-state index contributed by atoms with van der Waals surface area (Å²) in [6, 6.07) is 19.7. The van der Waals surface area contributed by atoms with Gasteiger partial charge in [-0.1, -0.05) is 0 Å². The first kappa shape index (κ1) is 21.7. The van der Waals surface area contributed by atoms with Gasteiger partial charge in [0, 0.05) is 23.5 Å². The Bertz CT molecular complexity index is 1590. The fourth-order valence-electron chi connectivity index (χ4n) is 3.52. The van der Waals surface area contributed by atoms with Crippen LogP contribution in [0.5, 0.6) is 0 Å². The van der Waals surface area contributed by atoms with Gasteiger partial charge in [-0.05, 0) is 78.9 Å². The number of rotatable bonds is 5. The van der Waals surface area contributed by atoms with Crippen LogP contribution in [0, 0.1) is 11.6 Å². The van der Waals surface area contributed by atoms with Crippen LogP contribution in [0.4, 0.5) is 8.78 Å². The van der Waals surface area contributed by atoms with E-state index in [1.807, 2.05) is 0 Å². The van der Waals surface area contributed by atoms with Crippen molar-refractivity contribution in [1.29, 1.82) is 0 Å². The highest BCUT2D eigenvalue weighted by Crippen LogP contribution is 2.26. The van der Waals surface area contributed by atoms with E-state index < -0.39 is 10.0 Å². The maximum absolute atomic E-state index is 13.3. The van der Waals surface area contributed by atoms with Crippen LogP contribution in [0.3, 0.4) is 0 Å². The SMILES string of the molecule is NS(=O)(=O)c1ccc(-n2ccc(-c3ccc(F)cc3)n2)c(-n2ccc(-c3ccc(F)cc3)n2)c1. The molecule has 2 N–H and O–H groups in total. The molecule has 0 amide bonds. The summed E-state index contributed by atoms with van der Waals surface area (Å²) in [6.07, 6.45) is 3.37. The molecule has 0 aliphatic carbocycles. The fraction of sp³-hybridized carbons (Fsp3) is 0. The van der Waals surface area contributed by atoms with Crippen molar-refractivity contribution in [3.63, 3.8) is 0 Å². The molecule has 0 saturated carbocycles. The second-order valence-electron chi connectivity index (χ2n) is 7.50. The van der Waals surface area contributed by atoms with Gasteiger partial charge in [-0.25, -0.2) is 31.7 Å². The molecule has 5 rings (SSSR count). The molecule has 10 heteroatoms. The maximum atomic E-state index is 13.3. The molecule has 170 valence electrons. The Kier molecular flexibility index (Phi) is 5.31. The lowest BCUT2D eigenvalue weighted by atomic mass is 10.1. The fourth-order valence-corrected chi connectivity index (χ4v) is 4.06. The Morgan fingerprint density at radius 3 is 1.59 bits per heavy atom. The van der Waals surface area contributed by atoms with Crippen molar-refractivity contribution >= 4 is 10.0 Å². The molecule has 34 heavy (non-hydrogen) atoms. The molecule has 0 spiro atoms. The molecule has 0 aliphatic heterocycles. The molecule has 0 saturated heterocycles. The van der Waals surface area contributed by atoms with Gasteiger partial charge in [0.1, 0.15) is 11.6 Å². The molecule has 7 nitrogen and oxygen atoms in total. The minimum atomic E-state index is -3.97. The second-order valence-corrected chi connectivity index (χ2v) is 9.06. The zero-order chi connectivity index (χ0) is 23.9. The summed E-state index contributed by atoms with van der Waals surface area (Å²) in [6.45, 7) is 0. The average Bonchev–Trinajstić information content (AvgIpc) is 3.50. The quantitative estimate of drug-likeness (QED) is 0.408. The number of sulfonamides is 1. The molecule has 0 radical (unpaired) electrons. The number of benzene rings is 3. The number of primary sulfonamides is 1. The summed E-state index contributed by atoms with van der Waals surface area (Å²) in [7, 11) is -3.97. The van der Waals surface area contributed by atoms with E-state index in [1.54, 1.807) is 59.5 Å². The highest BCUT2D eigenvalue weighted by molar-refractivity contribution is 7.89. The zero-order valence-electron chi connectivity index (χ0n) is 17.5. The Balaban J connectivity index is 1.61. The van der Waals surface area contributed by atoms with Gasteiger partial charge in [-0.2, -0.15) is 10.2 Å². The minimum absolute atomic E-state index is 0.0870. The third-order valence-corrected chi connectivity index (χ3v) is 6.14. The van der Waals surface area contributed by atoms with E-state index >= 15 is 0 Å². The van der Waals surface area contributed by atoms with E-state index in [9.17, 15) is 17.2 Å². The lowest BCUT2D eigenvalue weighted by Gasteiger charge is -2.12. The van der Waals surface area contributed by atoms with Crippen LogP contribution >= 0.6 is 0 Å². The molecule has 0 fully saturated rings. The molecule has 0 unspecified atom stereocenters. The van der Waals surface area contributed by atoms with E-state index in [0.29, 0.717) is 28.3 Å². The summed E-state index contributed by atoms with van der Waals surface area (Å²) in [5.41, 5.74) is 3.54. The van der Waals surface area contributed by atoms with Crippen molar-refractivity contribution in [3.8, 4) is 33.9 Å². The van der Waals surface area contributed by atoms with Crippen molar-refractivity contribution in [1.82, 2.24) is 19.6 Å². The van der Waals surface area contributed by atoms with Crippen LogP contribution in [0.15, 0.2) is 96.2 Å². The minimum Gasteiger partial charge on any atom is -0.238 e. The van der Waals surface area contributed by atoms with Crippen LogP contribution < -0.4 is 5.14 Å². The third-order valence-electron chi connectivity index (χ3n) is 5.23.